The maximum atomic E-state index is 13.0. The molecule has 1 atom stereocenters. The van der Waals surface area contributed by atoms with E-state index < -0.39 is 17.8 Å². The SMILES string of the molecule is O=C(Nc1ccc(F)cc1Cl)C1CC(c2ccc(Cl)s2)=NO1. The highest BCUT2D eigenvalue weighted by Gasteiger charge is 2.30. The van der Waals surface area contributed by atoms with Crippen molar-refractivity contribution in [2.75, 3.05) is 5.32 Å². The van der Waals surface area contributed by atoms with Crippen LogP contribution in [-0.2, 0) is 9.63 Å². The predicted octanol–water partition coefficient (Wildman–Crippen LogP) is 4.33. The number of hydrogen-bond acceptors (Lipinski definition) is 4. The standard InChI is InChI=1S/C14H9Cl2FN2O2S/c15-8-5-7(17)1-2-9(8)18-14(20)11-6-10(19-21-11)12-3-4-13(16)22-12/h1-5,11H,6H2,(H,18,20). The highest BCUT2D eigenvalue weighted by molar-refractivity contribution is 7.18. The first-order valence-corrected chi connectivity index (χ1v) is 7.84. The minimum atomic E-state index is -0.753. The lowest BCUT2D eigenvalue weighted by molar-refractivity contribution is -0.125. The zero-order chi connectivity index (χ0) is 15.7. The fourth-order valence-corrected chi connectivity index (χ4v) is 3.18. The van der Waals surface area contributed by atoms with Gasteiger partial charge in [-0.25, -0.2) is 4.39 Å². The molecule has 0 spiro atoms. The number of halogens is 3. The monoisotopic (exact) mass is 358 g/mol. The highest BCUT2D eigenvalue weighted by atomic mass is 35.5. The molecule has 2 aromatic rings. The van der Waals surface area contributed by atoms with E-state index in [9.17, 15) is 9.18 Å². The molecule has 8 heteroatoms. The number of rotatable bonds is 3. The number of thiophene rings is 1. The number of amides is 1. The highest BCUT2D eigenvalue weighted by Crippen LogP contribution is 2.27. The molecule has 114 valence electrons. The smallest absolute Gasteiger partial charge is 0.268 e. The average Bonchev–Trinajstić information content (AvgIpc) is 3.10. The Labute approximate surface area is 139 Å². The first-order chi connectivity index (χ1) is 10.5. The van der Waals surface area contributed by atoms with Crippen LogP contribution in [0.3, 0.4) is 0 Å². The Kier molecular flexibility index (Phi) is 4.33. The second kappa shape index (κ2) is 6.24. The molecule has 0 bridgehead atoms. The van der Waals surface area contributed by atoms with Crippen LogP contribution in [-0.4, -0.2) is 17.7 Å². The Hall–Kier alpha value is -1.63. The van der Waals surface area contributed by atoms with Gasteiger partial charge in [0.25, 0.3) is 5.91 Å². The molecule has 0 saturated carbocycles. The van der Waals surface area contributed by atoms with Gasteiger partial charge in [0.1, 0.15) is 11.5 Å². The molecule has 4 nitrogen and oxygen atoms in total. The van der Waals surface area contributed by atoms with Crippen LogP contribution in [0.5, 0.6) is 0 Å². The summed E-state index contributed by atoms with van der Waals surface area (Å²) in [6.07, 6.45) is -0.418. The Bertz CT molecular complexity index is 763. The summed E-state index contributed by atoms with van der Waals surface area (Å²) in [6.45, 7) is 0. The number of anilines is 1. The van der Waals surface area contributed by atoms with Crippen LogP contribution in [0.1, 0.15) is 11.3 Å². The lowest BCUT2D eigenvalue weighted by atomic mass is 10.1. The normalized spacial score (nSPS) is 17.0. The van der Waals surface area contributed by atoms with Crippen LogP contribution in [0, 0.1) is 5.82 Å². The van der Waals surface area contributed by atoms with Crippen LogP contribution in [0.15, 0.2) is 35.5 Å². The van der Waals surface area contributed by atoms with Crippen molar-refractivity contribution < 1.29 is 14.0 Å². The van der Waals surface area contributed by atoms with Crippen LogP contribution >= 0.6 is 34.5 Å². The third-order valence-electron chi connectivity index (χ3n) is 3.01. The van der Waals surface area contributed by atoms with Crippen molar-refractivity contribution in [3.8, 4) is 0 Å². The summed E-state index contributed by atoms with van der Waals surface area (Å²) >= 11 is 13.1. The van der Waals surface area contributed by atoms with Crippen molar-refractivity contribution in [2.24, 2.45) is 5.16 Å². The van der Waals surface area contributed by atoms with E-state index in [2.05, 4.69) is 10.5 Å². The van der Waals surface area contributed by atoms with Crippen molar-refractivity contribution in [1.29, 1.82) is 0 Å². The van der Waals surface area contributed by atoms with E-state index >= 15 is 0 Å². The fraction of sp³-hybridized carbons (Fsp3) is 0.143. The van der Waals surface area contributed by atoms with E-state index in [0.29, 0.717) is 22.2 Å². The van der Waals surface area contributed by atoms with Crippen LogP contribution in [0.2, 0.25) is 9.36 Å². The zero-order valence-electron chi connectivity index (χ0n) is 11.0. The van der Waals surface area contributed by atoms with Crippen LogP contribution in [0.25, 0.3) is 0 Å². The van der Waals surface area contributed by atoms with Gasteiger partial charge >= 0.3 is 0 Å². The molecule has 1 amide bonds. The third kappa shape index (κ3) is 3.24. The second-order valence-electron chi connectivity index (χ2n) is 4.55. The first-order valence-electron chi connectivity index (χ1n) is 6.27. The molecule has 0 aliphatic carbocycles. The van der Waals surface area contributed by atoms with Gasteiger partial charge in [0, 0.05) is 6.42 Å². The summed E-state index contributed by atoms with van der Waals surface area (Å²) < 4.78 is 13.6. The molecule has 1 unspecified atom stereocenters. The lowest BCUT2D eigenvalue weighted by Crippen LogP contribution is -2.28. The van der Waals surface area contributed by atoms with Gasteiger partial charge < -0.3 is 10.2 Å². The topological polar surface area (TPSA) is 50.7 Å². The van der Waals surface area contributed by atoms with Gasteiger partial charge in [-0.3, -0.25) is 4.79 Å². The molecule has 22 heavy (non-hydrogen) atoms. The van der Waals surface area contributed by atoms with Gasteiger partial charge in [-0.15, -0.1) is 11.3 Å². The predicted molar refractivity (Wildman–Crippen MR) is 85.4 cm³/mol. The maximum absolute atomic E-state index is 13.0. The van der Waals surface area contributed by atoms with E-state index in [1.54, 1.807) is 6.07 Å². The maximum Gasteiger partial charge on any atom is 0.268 e. The number of nitrogens with zero attached hydrogens (tertiary/aromatic N) is 1. The minimum Gasteiger partial charge on any atom is -0.382 e. The van der Waals surface area contributed by atoms with Gasteiger partial charge in [0.05, 0.1) is 19.9 Å². The van der Waals surface area contributed by atoms with E-state index in [1.165, 1.54) is 23.5 Å². The van der Waals surface area contributed by atoms with Gasteiger partial charge in [-0.2, -0.15) is 0 Å². The number of nitrogens with one attached hydrogen (secondary N) is 1. The van der Waals surface area contributed by atoms with Crippen LogP contribution in [0.4, 0.5) is 10.1 Å². The summed E-state index contributed by atoms with van der Waals surface area (Å²) in [7, 11) is 0. The van der Waals surface area contributed by atoms with Gasteiger partial charge in [-0.05, 0) is 30.3 Å². The molecule has 0 saturated heterocycles. The van der Waals surface area contributed by atoms with E-state index in [-0.39, 0.29) is 5.02 Å². The number of oxime groups is 1. The van der Waals surface area contributed by atoms with Crippen molar-refractivity contribution in [3.63, 3.8) is 0 Å². The molecule has 0 fully saturated rings. The molecule has 3 rings (SSSR count). The summed E-state index contributed by atoms with van der Waals surface area (Å²) in [5.41, 5.74) is 0.992. The Balaban J connectivity index is 1.65. The Morgan fingerprint density at radius 1 is 1.36 bits per heavy atom. The quantitative estimate of drug-likeness (QED) is 0.887. The number of carbonyl (C=O) groups is 1. The Morgan fingerprint density at radius 2 is 2.18 bits per heavy atom. The molecule has 1 aromatic carbocycles. The third-order valence-corrected chi connectivity index (χ3v) is 4.60. The summed E-state index contributed by atoms with van der Waals surface area (Å²) in [5, 5.41) is 6.64. The second-order valence-corrected chi connectivity index (χ2v) is 6.68. The van der Waals surface area contributed by atoms with Crippen molar-refractivity contribution in [1.82, 2.24) is 0 Å². The average molecular weight is 359 g/mol. The molecule has 0 radical (unpaired) electrons. The van der Waals surface area contributed by atoms with E-state index in [4.69, 9.17) is 28.0 Å². The molecular formula is C14H9Cl2FN2O2S. The van der Waals surface area contributed by atoms with Crippen LogP contribution < -0.4 is 5.32 Å². The molecule has 1 aliphatic heterocycles. The van der Waals surface area contributed by atoms with Gasteiger partial charge in [-0.1, -0.05) is 28.4 Å². The van der Waals surface area contributed by atoms with Crippen molar-refractivity contribution in [2.45, 2.75) is 12.5 Å². The van der Waals surface area contributed by atoms with E-state index in [0.717, 1.165) is 10.9 Å². The van der Waals surface area contributed by atoms with Gasteiger partial charge in [0.2, 0.25) is 6.10 Å². The molecule has 2 heterocycles. The molecule has 1 N–H and O–H groups in total. The number of hydrogen-bond donors (Lipinski definition) is 1. The number of benzene rings is 1. The molecule has 1 aromatic heterocycles. The minimum absolute atomic E-state index is 0.123. The van der Waals surface area contributed by atoms with Crippen molar-refractivity contribution in [3.05, 3.63) is 50.4 Å². The van der Waals surface area contributed by atoms with E-state index in [1.807, 2.05) is 6.07 Å². The summed E-state index contributed by atoms with van der Waals surface area (Å²) in [5.74, 6) is -0.866. The lowest BCUT2D eigenvalue weighted by Gasteiger charge is -2.10. The number of carbonyl (C=O) groups excluding carboxylic acids is 1. The first kappa shape index (κ1) is 15.3. The van der Waals surface area contributed by atoms with Crippen molar-refractivity contribution >= 4 is 51.8 Å². The largest absolute Gasteiger partial charge is 0.382 e. The Morgan fingerprint density at radius 3 is 2.86 bits per heavy atom. The molecule has 1 aliphatic rings. The fourth-order valence-electron chi connectivity index (χ4n) is 1.94. The van der Waals surface area contributed by atoms with Gasteiger partial charge in [0.15, 0.2) is 0 Å². The zero-order valence-corrected chi connectivity index (χ0v) is 13.3. The molecular weight excluding hydrogens is 350 g/mol. The summed E-state index contributed by atoms with van der Waals surface area (Å²) in [6, 6.07) is 7.32. The summed E-state index contributed by atoms with van der Waals surface area (Å²) in [4.78, 5) is 18.2.